The first-order valence-corrected chi connectivity index (χ1v) is 6.24. The van der Waals surface area contributed by atoms with Crippen molar-refractivity contribution >= 4 is 5.95 Å². The van der Waals surface area contributed by atoms with Crippen LogP contribution >= 0.6 is 0 Å². The number of nitrogens with one attached hydrogen (secondary N) is 1. The van der Waals surface area contributed by atoms with Crippen LogP contribution in [0.2, 0.25) is 0 Å². The predicted octanol–water partition coefficient (Wildman–Crippen LogP) is 2.15. The van der Waals surface area contributed by atoms with E-state index in [9.17, 15) is 0 Å². The van der Waals surface area contributed by atoms with Crippen molar-refractivity contribution in [2.24, 2.45) is 0 Å². The fourth-order valence-electron chi connectivity index (χ4n) is 1.64. The van der Waals surface area contributed by atoms with Gasteiger partial charge in [-0.1, -0.05) is 12.1 Å². The summed E-state index contributed by atoms with van der Waals surface area (Å²) in [4.78, 5) is 4.33. The molecule has 1 N–H and O–H groups in total. The summed E-state index contributed by atoms with van der Waals surface area (Å²) >= 11 is 0. The topological polar surface area (TPSA) is 59.9 Å². The van der Waals surface area contributed by atoms with Gasteiger partial charge >= 0.3 is 0 Å². The predicted molar refractivity (Wildman–Crippen MR) is 74.5 cm³/mol. The molecule has 0 bridgehead atoms. The van der Waals surface area contributed by atoms with E-state index in [1.807, 2.05) is 26.0 Å². The molecule has 0 spiro atoms. The smallest absolute Gasteiger partial charge is 0.242 e. The lowest BCUT2D eigenvalue weighted by Crippen LogP contribution is -2.10. The maximum Gasteiger partial charge on any atom is 0.242 e. The van der Waals surface area contributed by atoms with Gasteiger partial charge in [-0.3, -0.25) is 0 Å². The Kier molecular flexibility index (Phi) is 4.28. The van der Waals surface area contributed by atoms with Gasteiger partial charge in [0, 0.05) is 6.54 Å². The number of methoxy groups -OCH3 is 1. The number of hydrogen-bond acceptors (Lipinski definition) is 5. The third-order valence-electron chi connectivity index (χ3n) is 2.95. The minimum atomic E-state index is 0.580. The van der Waals surface area contributed by atoms with Crippen LogP contribution in [0.4, 0.5) is 5.95 Å². The molecule has 2 aromatic rings. The van der Waals surface area contributed by atoms with E-state index >= 15 is 0 Å². The number of aromatic nitrogens is 3. The average Bonchev–Trinajstić information content (AvgIpc) is 2.43. The van der Waals surface area contributed by atoms with Gasteiger partial charge in [-0.2, -0.15) is 5.10 Å². The van der Waals surface area contributed by atoms with Gasteiger partial charge < -0.3 is 10.1 Å². The summed E-state index contributed by atoms with van der Waals surface area (Å²) in [6.45, 7) is 4.60. The molecular formula is C14H18N4O. The molecule has 2 rings (SSSR count). The molecule has 0 amide bonds. The van der Waals surface area contributed by atoms with Gasteiger partial charge in [0.15, 0.2) is 0 Å². The Morgan fingerprint density at radius 3 is 2.42 bits per heavy atom. The maximum atomic E-state index is 5.12. The Morgan fingerprint density at radius 1 is 1.05 bits per heavy atom. The minimum Gasteiger partial charge on any atom is -0.497 e. The maximum absolute atomic E-state index is 5.12. The van der Waals surface area contributed by atoms with E-state index in [2.05, 4.69) is 32.6 Å². The lowest BCUT2D eigenvalue weighted by atomic mass is 10.1. The Labute approximate surface area is 113 Å². The first-order valence-electron chi connectivity index (χ1n) is 6.24. The number of hydrogen-bond donors (Lipinski definition) is 1. The summed E-state index contributed by atoms with van der Waals surface area (Å²) in [6, 6.07) is 8.03. The van der Waals surface area contributed by atoms with Crippen molar-refractivity contribution in [2.75, 3.05) is 19.0 Å². The van der Waals surface area contributed by atoms with Crippen LogP contribution in [0.1, 0.15) is 17.0 Å². The van der Waals surface area contributed by atoms with Crippen LogP contribution in [0.15, 0.2) is 24.3 Å². The normalized spacial score (nSPS) is 10.3. The van der Waals surface area contributed by atoms with Crippen molar-refractivity contribution in [1.82, 2.24) is 15.2 Å². The van der Waals surface area contributed by atoms with E-state index in [4.69, 9.17) is 4.74 Å². The Morgan fingerprint density at radius 2 is 1.79 bits per heavy atom. The zero-order valence-electron chi connectivity index (χ0n) is 11.5. The standard InChI is InChI=1S/C14H18N4O/c1-10-11(2)17-18-14(16-10)15-9-8-12-4-6-13(19-3)7-5-12/h4-7H,8-9H2,1-3H3,(H,15,16,18). The summed E-state index contributed by atoms with van der Waals surface area (Å²) in [5, 5.41) is 11.2. The Hall–Kier alpha value is -2.17. The summed E-state index contributed by atoms with van der Waals surface area (Å²) in [5.74, 6) is 1.45. The zero-order valence-corrected chi connectivity index (χ0v) is 11.5. The lowest BCUT2D eigenvalue weighted by molar-refractivity contribution is 0.414. The van der Waals surface area contributed by atoms with E-state index in [-0.39, 0.29) is 0 Å². The summed E-state index contributed by atoms with van der Waals surface area (Å²) < 4.78 is 5.12. The van der Waals surface area contributed by atoms with E-state index in [0.717, 1.165) is 30.1 Å². The third kappa shape index (κ3) is 3.64. The lowest BCUT2D eigenvalue weighted by Gasteiger charge is -2.06. The molecule has 0 atom stereocenters. The largest absolute Gasteiger partial charge is 0.497 e. The second-order valence-corrected chi connectivity index (χ2v) is 4.33. The van der Waals surface area contributed by atoms with Crippen molar-refractivity contribution in [1.29, 1.82) is 0 Å². The average molecular weight is 258 g/mol. The van der Waals surface area contributed by atoms with Gasteiger partial charge in [-0.25, -0.2) is 4.98 Å². The molecule has 1 heterocycles. The second-order valence-electron chi connectivity index (χ2n) is 4.33. The molecule has 0 fully saturated rings. The zero-order chi connectivity index (χ0) is 13.7. The molecule has 0 radical (unpaired) electrons. The summed E-state index contributed by atoms with van der Waals surface area (Å²) in [7, 11) is 1.67. The van der Waals surface area contributed by atoms with Crippen LogP contribution in [-0.2, 0) is 6.42 Å². The summed E-state index contributed by atoms with van der Waals surface area (Å²) in [5.41, 5.74) is 3.01. The van der Waals surface area contributed by atoms with Crippen LogP contribution in [0, 0.1) is 13.8 Å². The number of anilines is 1. The first-order chi connectivity index (χ1) is 9.19. The second kappa shape index (κ2) is 6.13. The molecule has 5 nitrogen and oxygen atoms in total. The molecular weight excluding hydrogens is 240 g/mol. The molecule has 0 saturated heterocycles. The molecule has 0 aliphatic heterocycles. The monoisotopic (exact) mass is 258 g/mol. The van der Waals surface area contributed by atoms with Gasteiger partial charge in [0.2, 0.25) is 5.95 Å². The molecule has 1 aromatic heterocycles. The molecule has 0 aliphatic carbocycles. The van der Waals surface area contributed by atoms with Gasteiger partial charge in [-0.05, 0) is 38.0 Å². The highest BCUT2D eigenvalue weighted by Crippen LogP contribution is 2.11. The van der Waals surface area contributed by atoms with Crippen molar-refractivity contribution in [2.45, 2.75) is 20.3 Å². The molecule has 0 unspecified atom stereocenters. The van der Waals surface area contributed by atoms with Crippen molar-refractivity contribution < 1.29 is 4.74 Å². The molecule has 19 heavy (non-hydrogen) atoms. The number of aryl methyl sites for hydroxylation is 2. The third-order valence-corrected chi connectivity index (χ3v) is 2.95. The van der Waals surface area contributed by atoms with E-state index < -0.39 is 0 Å². The first kappa shape index (κ1) is 13.3. The number of benzene rings is 1. The van der Waals surface area contributed by atoms with Crippen molar-refractivity contribution in [3.8, 4) is 5.75 Å². The minimum absolute atomic E-state index is 0.580. The van der Waals surface area contributed by atoms with Crippen LogP contribution in [0.3, 0.4) is 0 Å². The molecule has 100 valence electrons. The van der Waals surface area contributed by atoms with Gasteiger partial charge in [0.25, 0.3) is 0 Å². The fraction of sp³-hybridized carbons (Fsp3) is 0.357. The highest BCUT2D eigenvalue weighted by molar-refractivity contribution is 5.29. The molecule has 5 heteroatoms. The Balaban J connectivity index is 1.86. The van der Waals surface area contributed by atoms with Gasteiger partial charge in [0.05, 0.1) is 18.5 Å². The van der Waals surface area contributed by atoms with E-state index in [1.165, 1.54) is 5.56 Å². The molecule has 1 aromatic carbocycles. The van der Waals surface area contributed by atoms with Crippen LogP contribution < -0.4 is 10.1 Å². The van der Waals surface area contributed by atoms with Crippen LogP contribution in [-0.4, -0.2) is 28.8 Å². The van der Waals surface area contributed by atoms with Crippen LogP contribution in [0.5, 0.6) is 5.75 Å². The summed E-state index contributed by atoms with van der Waals surface area (Å²) in [6.07, 6.45) is 0.903. The fourth-order valence-corrected chi connectivity index (χ4v) is 1.64. The van der Waals surface area contributed by atoms with Crippen molar-refractivity contribution in [3.05, 3.63) is 41.2 Å². The number of nitrogens with zero attached hydrogens (tertiary/aromatic N) is 3. The molecule has 0 aliphatic rings. The highest BCUT2D eigenvalue weighted by atomic mass is 16.5. The SMILES string of the molecule is COc1ccc(CCNc2nnc(C)c(C)n2)cc1. The molecule has 0 saturated carbocycles. The Bertz CT molecular complexity index is 540. The van der Waals surface area contributed by atoms with Gasteiger partial charge in [0.1, 0.15) is 5.75 Å². The van der Waals surface area contributed by atoms with Gasteiger partial charge in [-0.15, -0.1) is 5.10 Å². The number of rotatable bonds is 5. The van der Waals surface area contributed by atoms with Crippen LogP contribution in [0.25, 0.3) is 0 Å². The van der Waals surface area contributed by atoms with E-state index in [0.29, 0.717) is 5.95 Å². The van der Waals surface area contributed by atoms with Crippen molar-refractivity contribution in [3.63, 3.8) is 0 Å². The quantitative estimate of drug-likeness (QED) is 0.890. The van der Waals surface area contributed by atoms with E-state index in [1.54, 1.807) is 7.11 Å². The number of ether oxygens (including phenoxy) is 1. The highest BCUT2D eigenvalue weighted by Gasteiger charge is 2.01.